The number of carbonyl (C=O) groups excluding carboxylic acids is 1. The fourth-order valence-corrected chi connectivity index (χ4v) is 7.62. The number of rotatable bonds is 6. The number of nitrogens with zero attached hydrogens (tertiary/aromatic N) is 3. The van der Waals surface area contributed by atoms with Crippen LogP contribution in [0.25, 0.3) is 16.9 Å². The van der Waals surface area contributed by atoms with Gasteiger partial charge in [0.15, 0.2) is 0 Å². The molecule has 2 aromatic carbocycles. The standard InChI is InChI=1S/C29H32ClN3O2/c1-32(26(34)16-28-12-20-11-21(13-28)15-29(35,14-20)19-28)17-23-18-33(25-5-3-2-4-6-25)31-27(23)22-7-9-24(30)10-8-22/h2-10,18,20-21,35H,11-17,19H2,1H3. The Morgan fingerprint density at radius 1 is 1.09 bits per heavy atom. The second kappa shape index (κ2) is 8.49. The highest BCUT2D eigenvalue weighted by Crippen LogP contribution is 2.62. The van der Waals surface area contributed by atoms with E-state index in [1.807, 2.05) is 77.4 Å². The summed E-state index contributed by atoms with van der Waals surface area (Å²) in [5, 5.41) is 16.7. The summed E-state index contributed by atoms with van der Waals surface area (Å²) >= 11 is 6.13. The van der Waals surface area contributed by atoms with E-state index >= 15 is 0 Å². The minimum absolute atomic E-state index is 0.0304. The third kappa shape index (κ3) is 4.41. The lowest BCUT2D eigenvalue weighted by molar-refractivity contribution is -0.171. The van der Waals surface area contributed by atoms with Crippen LogP contribution >= 0.6 is 11.6 Å². The van der Waals surface area contributed by atoms with Crippen LogP contribution in [0.3, 0.4) is 0 Å². The van der Waals surface area contributed by atoms with Gasteiger partial charge in [0, 0.05) is 42.4 Å². The number of hydrogen-bond acceptors (Lipinski definition) is 3. The average Bonchev–Trinajstić information content (AvgIpc) is 3.22. The molecule has 1 heterocycles. The molecule has 7 rings (SSSR count). The first kappa shape index (κ1) is 22.8. The van der Waals surface area contributed by atoms with Crippen LogP contribution in [0.4, 0.5) is 0 Å². The van der Waals surface area contributed by atoms with Gasteiger partial charge in [-0.15, -0.1) is 0 Å². The third-order valence-corrected chi connectivity index (χ3v) is 8.69. The molecule has 4 aliphatic carbocycles. The predicted molar refractivity (Wildman–Crippen MR) is 137 cm³/mol. The second-order valence-corrected chi connectivity index (χ2v) is 11.8. The average molecular weight is 490 g/mol. The summed E-state index contributed by atoms with van der Waals surface area (Å²) in [6.45, 7) is 0.483. The number of halogens is 1. The predicted octanol–water partition coefficient (Wildman–Crippen LogP) is 5.87. The van der Waals surface area contributed by atoms with Crippen molar-refractivity contribution in [2.75, 3.05) is 7.05 Å². The Morgan fingerprint density at radius 2 is 1.77 bits per heavy atom. The minimum Gasteiger partial charge on any atom is -0.390 e. The van der Waals surface area contributed by atoms with E-state index in [0.717, 1.165) is 54.6 Å². The molecular formula is C29H32ClN3O2. The number of para-hydroxylation sites is 1. The number of benzene rings is 2. The Morgan fingerprint density at radius 3 is 2.43 bits per heavy atom. The summed E-state index contributed by atoms with van der Waals surface area (Å²) in [7, 11) is 1.89. The van der Waals surface area contributed by atoms with Crippen molar-refractivity contribution in [3.63, 3.8) is 0 Å². The van der Waals surface area contributed by atoms with Gasteiger partial charge in [0.1, 0.15) is 0 Å². The first-order valence-electron chi connectivity index (χ1n) is 12.7. The molecule has 4 fully saturated rings. The van der Waals surface area contributed by atoms with E-state index in [2.05, 4.69) is 0 Å². The van der Waals surface area contributed by atoms with Gasteiger partial charge in [0.25, 0.3) is 0 Å². The Kier molecular flexibility index (Phi) is 5.53. The molecule has 35 heavy (non-hydrogen) atoms. The number of aliphatic hydroxyl groups is 1. The maximum atomic E-state index is 13.5. The van der Waals surface area contributed by atoms with Crippen LogP contribution in [-0.2, 0) is 11.3 Å². The maximum Gasteiger partial charge on any atom is 0.223 e. The van der Waals surface area contributed by atoms with Crippen LogP contribution in [0.15, 0.2) is 60.8 Å². The van der Waals surface area contributed by atoms with Crippen molar-refractivity contribution >= 4 is 17.5 Å². The van der Waals surface area contributed by atoms with E-state index < -0.39 is 5.60 Å². The van der Waals surface area contributed by atoms with Crippen molar-refractivity contribution in [2.45, 2.75) is 57.1 Å². The van der Waals surface area contributed by atoms with E-state index in [9.17, 15) is 9.90 Å². The highest BCUT2D eigenvalue weighted by molar-refractivity contribution is 6.30. The fraction of sp³-hybridized carbons (Fsp3) is 0.448. The van der Waals surface area contributed by atoms with Gasteiger partial charge in [0.05, 0.1) is 17.0 Å². The Bertz CT molecular complexity index is 1220. The molecule has 1 amide bonds. The molecule has 0 saturated heterocycles. The van der Waals surface area contributed by atoms with Crippen LogP contribution < -0.4 is 0 Å². The Hall–Kier alpha value is -2.63. The molecule has 0 aliphatic heterocycles. The third-order valence-electron chi connectivity index (χ3n) is 8.44. The summed E-state index contributed by atoms with van der Waals surface area (Å²) in [6, 6.07) is 17.7. The van der Waals surface area contributed by atoms with Crippen molar-refractivity contribution in [1.82, 2.24) is 14.7 Å². The van der Waals surface area contributed by atoms with Crippen molar-refractivity contribution in [1.29, 1.82) is 0 Å². The number of aromatic nitrogens is 2. The molecule has 4 aliphatic rings. The molecule has 2 unspecified atom stereocenters. The smallest absolute Gasteiger partial charge is 0.223 e. The van der Waals surface area contributed by atoms with Crippen LogP contribution in [0, 0.1) is 17.3 Å². The van der Waals surface area contributed by atoms with E-state index in [-0.39, 0.29) is 11.3 Å². The number of hydrogen-bond donors (Lipinski definition) is 1. The molecule has 6 heteroatoms. The van der Waals surface area contributed by atoms with Gasteiger partial charge in [-0.05, 0) is 80.0 Å². The normalized spacial score (nSPS) is 28.9. The van der Waals surface area contributed by atoms with Gasteiger partial charge in [-0.2, -0.15) is 5.10 Å². The van der Waals surface area contributed by atoms with Crippen LogP contribution in [0.1, 0.15) is 50.5 Å². The second-order valence-electron chi connectivity index (χ2n) is 11.4. The van der Waals surface area contributed by atoms with Crippen LogP contribution in [0.2, 0.25) is 5.02 Å². The van der Waals surface area contributed by atoms with Gasteiger partial charge in [-0.1, -0.05) is 41.9 Å². The molecule has 5 nitrogen and oxygen atoms in total. The number of carbonyl (C=O) groups is 1. The fourth-order valence-electron chi connectivity index (χ4n) is 7.50. The minimum atomic E-state index is -0.540. The molecule has 1 N–H and O–H groups in total. The summed E-state index contributed by atoms with van der Waals surface area (Å²) < 4.78 is 1.88. The van der Waals surface area contributed by atoms with E-state index in [0.29, 0.717) is 29.8 Å². The quantitative estimate of drug-likeness (QED) is 0.471. The topological polar surface area (TPSA) is 58.4 Å². The molecule has 0 spiro atoms. The largest absolute Gasteiger partial charge is 0.390 e. The van der Waals surface area contributed by atoms with Crippen molar-refractivity contribution in [3.05, 3.63) is 71.4 Å². The lowest BCUT2D eigenvalue weighted by Crippen LogP contribution is -2.56. The lowest BCUT2D eigenvalue weighted by atomic mass is 9.47. The molecule has 4 saturated carbocycles. The van der Waals surface area contributed by atoms with Crippen molar-refractivity contribution in [3.8, 4) is 16.9 Å². The van der Waals surface area contributed by atoms with Crippen LogP contribution in [0.5, 0.6) is 0 Å². The van der Waals surface area contributed by atoms with Gasteiger partial charge in [0.2, 0.25) is 5.91 Å². The van der Waals surface area contributed by atoms with E-state index in [1.54, 1.807) is 0 Å². The lowest BCUT2D eigenvalue weighted by Gasteiger charge is -2.60. The molecule has 1 aromatic heterocycles. The monoisotopic (exact) mass is 489 g/mol. The molecule has 3 aromatic rings. The zero-order valence-corrected chi connectivity index (χ0v) is 20.9. The van der Waals surface area contributed by atoms with Gasteiger partial charge in [-0.3, -0.25) is 4.79 Å². The summed E-state index contributed by atoms with van der Waals surface area (Å²) in [4.78, 5) is 15.3. The van der Waals surface area contributed by atoms with Gasteiger partial charge >= 0.3 is 0 Å². The van der Waals surface area contributed by atoms with Crippen molar-refractivity contribution in [2.24, 2.45) is 17.3 Å². The molecule has 0 radical (unpaired) electrons. The Balaban J connectivity index is 1.25. The first-order chi connectivity index (χ1) is 16.8. The SMILES string of the molecule is CN(Cc1cn(-c2ccccc2)nc1-c1ccc(Cl)cc1)C(=O)CC12CC3CC(CC(O)(C3)C1)C2. The molecule has 2 atom stereocenters. The van der Waals surface area contributed by atoms with Crippen LogP contribution in [-0.4, -0.2) is 38.3 Å². The maximum absolute atomic E-state index is 13.5. The summed E-state index contributed by atoms with van der Waals surface area (Å²) in [6.07, 6.45) is 8.61. The molecule has 4 bridgehead atoms. The zero-order chi connectivity index (χ0) is 24.2. The van der Waals surface area contributed by atoms with Gasteiger partial charge < -0.3 is 10.0 Å². The highest BCUT2D eigenvalue weighted by Gasteiger charge is 2.57. The number of amides is 1. The summed E-state index contributed by atoms with van der Waals surface area (Å²) in [5.74, 6) is 1.32. The summed E-state index contributed by atoms with van der Waals surface area (Å²) in [5.41, 5.74) is 3.23. The Labute approximate surface area is 211 Å². The van der Waals surface area contributed by atoms with Gasteiger partial charge in [-0.25, -0.2) is 4.68 Å². The molecule has 182 valence electrons. The highest BCUT2D eigenvalue weighted by atomic mass is 35.5. The van der Waals surface area contributed by atoms with E-state index in [4.69, 9.17) is 16.7 Å². The first-order valence-corrected chi connectivity index (χ1v) is 13.0. The van der Waals surface area contributed by atoms with Crippen molar-refractivity contribution < 1.29 is 9.90 Å². The van der Waals surface area contributed by atoms with E-state index in [1.165, 1.54) is 6.42 Å². The zero-order valence-electron chi connectivity index (χ0n) is 20.2. The molecular weight excluding hydrogens is 458 g/mol.